The molecule has 0 saturated carbocycles. The molecular weight excluding hydrogens is 214 g/mol. The van der Waals surface area contributed by atoms with E-state index < -0.39 is 0 Å². The van der Waals surface area contributed by atoms with Crippen LogP contribution in [-0.4, -0.2) is 42.2 Å². The Kier molecular flexibility index (Phi) is 4.81. The second-order valence-electron chi connectivity index (χ2n) is 3.34. The number of nitrogens with one attached hydrogen (secondary N) is 1. The molecule has 0 unspecified atom stereocenters. The van der Waals surface area contributed by atoms with Crippen LogP contribution in [0.4, 0.5) is 5.82 Å². The second-order valence-corrected chi connectivity index (χ2v) is 3.74. The van der Waals surface area contributed by atoms with Crippen LogP contribution in [0.2, 0.25) is 5.02 Å². The fourth-order valence-corrected chi connectivity index (χ4v) is 1.40. The molecule has 15 heavy (non-hydrogen) atoms. The molecule has 0 bridgehead atoms. The van der Waals surface area contributed by atoms with E-state index in [9.17, 15) is 0 Å². The number of rotatable bonds is 5. The number of nitrogens with zero attached hydrogens (tertiary/aromatic N) is 2. The van der Waals surface area contributed by atoms with Gasteiger partial charge < -0.3 is 10.4 Å². The largest absolute Gasteiger partial charge is 0.395 e. The average molecular weight is 230 g/mol. The summed E-state index contributed by atoms with van der Waals surface area (Å²) in [6.07, 6.45) is 0. The summed E-state index contributed by atoms with van der Waals surface area (Å²) in [6.45, 7) is 1.39. The Balaban J connectivity index is 2.74. The SMILES string of the molecule is CNc1ccc(Cl)c(CN(C)CCO)n1. The fourth-order valence-electron chi connectivity index (χ4n) is 1.24. The summed E-state index contributed by atoms with van der Waals surface area (Å²) < 4.78 is 0. The minimum atomic E-state index is 0.139. The van der Waals surface area contributed by atoms with Gasteiger partial charge in [0, 0.05) is 20.1 Å². The summed E-state index contributed by atoms with van der Waals surface area (Å²) in [5, 5.41) is 12.4. The lowest BCUT2D eigenvalue weighted by molar-refractivity contribution is 0.216. The number of hydrogen-bond donors (Lipinski definition) is 2. The number of hydrogen-bond acceptors (Lipinski definition) is 4. The highest BCUT2D eigenvalue weighted by Gasteiger charge is 2.06. The molecule has 0 aliphatic carbocycles. The van der Waals surface area contributed by atoms with Crippen molar-refractivity contribution in [3.05, 3.63) is 22.8 Å². The number of anilines is 1. The van der Waals surface area contributed by atoms with E-state index in [1.54, 1.807) is 0 Å². The van der Waals surface area contributed by atoms with Gasteiger partial charge in [-0.15, -0.1) is 0 Å². The quantitative estimate of drug-likeness (QED) is 0.797. The molecule has 0 aromatic carbocycles. The van der Waals surface area contributed by atoms with Crippen molar-refractivity contribution in [1.82, 2.24) is 9.88 Å². The van der Waals surface area contributed by atoms with Crippen LogP contribution in [0, 0.1) is 0 Å². The lowest BCUT2D eigenvalue weighted by atomic mass is 10.3. The number of aromatic nitrogens is 1. The Morgan fingerprint density at radius 3 is 2.87 bits per heavy atom. The van der Waals surface area contributed by atoms with Gasteiger partial charge in [-0.3, -0.25) is 4.90 Å². The molecule has 0 aliphatic heterocycles. The van der Waals surface area contributed by atoms with Gasteiger partial charge >= 0.3 is 0 Å². The van der Waals surface area contributed by atoms with Gasteiger partial charge in [-0.2, -0.15) is 0 Å². The van der Waals surface area contributed by atoms with Gasteiger partial charge in [0.25, 0.3) is 0 Å². The third-order valence-corrected chi connectivity index (χ3v) is 2.42. The van der Waals surface area contributed by atoms with Gasteiger partial charge in [0.2, 0.25) is 0 Å². The minimum Gasteiger partial charge on any atom is -0.395 e. The zero-order valence-corrected chi connectivity index (χ0v) is 9.75. The van der Waals surface area contributed by atoms with Gasteiger partial charge in [0.05, 0.1) is 17.3 Å². The molecule has 84 valence electrons. The first-order valence-electron chi connectivity index (χ1n) is 4.80. The minimum absolute atomic E-state index is 0.139. The second kappa shape index (κ2) is 5.90. The number of aliphatic hydroxyl groups is 1. The Hall–Kier alpha value is -0.840. The van der Waals surface area contributed by atoms with Crippen LogP contribution in [0.1, 0.15) is 5.69 Å². The normalized spacial score (nSPS) is 10.7. The first kappa shape index (κ1) is 12.2. The van der Waals surface area contributed by atoms with E-state index in [2.05, 4.69) is 10.3 Å². The molecule has 0 spiro atoms. The standard InChI is InChI=1S/C10H16ClN3O/c1-12-10-4-3-8(11)9(13-10)7-14(2)5-6-15/h3-4,15H,5-7H2,1-2H3,(H,12,13). The van der Waals surface area contributed by atoms with Crippen LogP contribution < -0.4 is 5.32 Å². The Bertz CT molecular complexity index is 320. The van der Waals surface area contributed by atoms with Gasteiger partial charge in [-0.1, -0.05) is 11.6 Å². The highest BCUT2D eigenvalue weighted by Crippen LogP contribution is 2.17. The molecule has 2 N–H and O–H groups in total. The van der Waals surface area contributed by atoms with Crippen LogP contribution in [0.25, 0.3) is 0 Å². The summed E-state index contributed by atoms with van der Waals surface area (Å²) in [5.41, 5.74) is 0.819. The van der Waals surface area contributed by atoms with Crippen molar-refractivity contribution in [2.75, 3.05) is 32.6 Å². The summed E-state index contributed by atoms with van der Waals surface area (Å²) in [5.74, 6) is 0.798. The van der Waals surface area contributed by atoms with Crippen molar-refractivity contribution in [1.29, 1.82) is 0 Å². The van der Waals surface area contributed by atoms with Crippen molar-refractivity contribution in [3.63, 3.8) is 0 Å². The van der Waals surface area contributed by atoms with Gasteiger partial charge in [0.1, 0.15) is 5.82 Å². The zero-order valence-electron chi connectivity index (χ0n) is 9.00. The highest BCUT2D eigenvalue weighted by atomic mass is 35.5. The number of likely N-dealkylation sites (N-methyl/N-ethyl adjacent to an activating group) is 1. The molecular formula is C10H16ClN3O. The lowest BCUT2D eigenvalue weighted by Gasteiger charge is -2.15. The van der Waals surface area contributed by atoms with E-state index in [0.29, 0.717) is 18.1 Å². The molecule has 0 aliphatic rings. The average Bonchev–Trinajstić information content (AvgIpc) is 2.21. The van der Waals surface area contributed by atoms with E-state index in [1.165, 1.54) is 0 Å². The smallest absolute Gasteiger partial charge is 0.126 e. The van der Waals surface area contributed by atoms with Crippen LogP contribution in [0.3, 0.4) is 0 Å². The summed E-state index contributed by atoms with van der Waals surface area (Å²) >= 11 is 6.02. The third kappa shape index (κ3) is 3.66. The first-order valence-corrected chi connectivity index (χ1v) is 5.17. The number of aliphatic hydroxyl groups excluding tert-OH is 1. The summed E-state index contributed by atoms with van der Waals surface area (Å²) in [7, 11) is 3.73. The van der Waals surface area contributed by atoms with E-state index in [1.807, 2.05) is 31.1 Å². The van der Waals surface area contributed by atoms with E-state index in [0.717, 1.165) is 11.5 Å². The van der Waals surface area contributed by atoms with Crippen LogP contribution in [0.5, 0.6) is 0 Å². The van der Waals surface area contributed by atoms with Crippen LogP contribution >= 0.6 is 11.6 Å². The van der Waals surface area contributed by atoms with Crippen molar-refractivity contribution >= 4 is 17.4 Å². The zero-order chi connectivity index (χ0) is 11.3. The van der Waals surface area contributed by atoms with Gasteiger partial charge in [-0.25, -0.2) is 4.98 Å². The van der Waals surface area contributed by atoms with Crippen LogP contribution in [0.15, 0.2) is 12.1 Å². The Labute approximate surface area is 94.9 Å². The number of halogens is 1. The van der Waals surface area contributed by atoms with Gasteiger partial charge in [-0.05, 0) is 19.2 Å². The van der Waals surface area contributed by atoms with Crippen molar-refractivity contribution in [3.8, 4) is 0 Å². The predicted octanol–water partition coefficient (Wildman–Crippen LogP) is 1.20. The molecule has 0 radical (unpaired) electrons. The molecule has 1 aromatic heterocycles. The Morgan fingerprint density at radius 1 is 1.53 bits per heavy atom. The maximum atomic E-state index is 8.78. The molecule has 1 aromatic rings. The molecule has 5 heteroatoms. The van der Waals surface area contributed by atoms with Crippen molar-refractivity contribution < 1.29 is 5.11 Å². The summed E-state index contributed by atoms with van der Waals surface area (Å²) in [4.78, 5) is 6.31. The first-order chi connectivity index (χ1) is 7.17. The van der Waals surface area contributed by atoms with E-state index >= 15 is 0 Å². The molecule has 0 saturated heterocycles. The molecule has 0 fully saturated rings. The molecule has 4 nitrogen and oxygen atoms in total. The molecule has 0 atom stereocenters. The summed E-state index contributed by atoms with van der Waals surface area (Å²) in [6, 6.07) is 3.65. The molecule has 1 rings (SSSR count). The predicted molar refractivity (Wildman–Crippen MR) is 62.2 cm³/mol. The van der Waals surface area contributed by atoms with E-state index in [4.69, 9.17) is 16.7 Å². The lowest BCUT2D eigenvalue weighted by Crippen LogP contribution is -2.22. The highest BCUT2D eigenvalue weighted by molar-refractivity contribution is 6.31. The van der Waals surface area contributed by atoms with E-state index in [-0.39, 0.29) is 6.61 Å². The maximum absolute atomic E-state index is 8.78. The maximum Gasteiger partial charge on any atom is 0.126 e. The third-order valence-electron chi connectivity index (χ3n) is 2.08. The van der Waals surface area contributed by atoms with Gasteiger partial charge in [0.15, 0.2) is 0 Å². The number of pyridine rings is 1. The molecule has 1 heterocycles. The Morgan fingerprint density at radius 2 is 2.27 bits per heavy atom. The fraction of sp³-hybridized carbons (Fsp3) is 0.500. The topological polar surface area (TPSA) is 48.4 Å². The van der Waals surface area contributed by atoms with Crippen molar-refractivity contribution in [2.45, 2.75) is 6.54 Å². The van der Waals surface area contributed by atoms with Crippen LogP contribution in [-0.2, 0) is 6.54 Å². The van der Waals surface area contributed by atoms with Crippen molar-refractivity contribution in [2.24, 2.45) is 0 Å². The molecule has 0 amide bonds. The monoisotopic (exact) mass is 229 g/mol.